The lowest BCUT2D eigenvalue weighted by atomic mass is 10.2. The van der Waals surface area contributed by atoms with Gasteiger partial charge in [0.1, 0.15) is 17.9 Å². The Morgan fingerprint density at radius 1 is 1.03 bits per heavy atom. The second kappa shape index (κ2) is 8.16. The fourth-order valence-corrected chi connectivity index (χ4v) is 3.08. The first kappa shape index (κ1) is 19.3. The molecule has 152 valence electrons. The molecule has 0 aliphatic heterocycles. The number of hydrogen-bond donors (Lipinski definition) is 1. The van der Waals surface area contributed by atoms with E-state index in [2.05, 4.69) is 20.7 Å². The molecular weight excluding hydrogens is 382 g/mol. The van der Waals surface area contributed by atoms with Crippen LogP contribution in [0.3, 0.4) is 0 Å². The van der Waals surface area contributed by atoms with Gasteiger partial charge in [0.25, 0.3) is 5.56 Å². The number of fused-ring (bicyclic) bond motifs is 1. The van der Waals surface area contributed by atoms with E-state index in [0.717, 1.165) is 15.9 Å². The maximum Gasteiger partial charge on any atom is 0.278 e. The molecule has 0 spiro atoms. The molecule has 2 aromatic carbocycles. The van der Waals surface area contributed by atoms with Crippen LogP contribution in [0, 0.1) is 0 Å². The molecule has 2 heterocycles. The molecule has 30 heavy (non-hydrogen) atoms. The predicted octanol–water partition coefficient (Wildman–Crippen LogP) is 1.74. The van der Waals surface area contributed by atoms with Crippen molar-refractivity contribution in [1.29, 1.82) is 0 Å². The van der Waals surface area contributed by atoms with Crippen molar-refractivity contribution < 1.29 is 4.79 Å². The SMILES string of the molecule is CN(C)c1ccc(Cn2nccc2NC(=O)Cn2nnc3ccccc3c2=O)cc1. The molecule has 0 bridgehead atoms. The van der Waals surface area contributed by atoms with E-state index in [4.69, 9.17) is 0 Å². The quantitative estimate of drug-likeness (QED) is 0.527. The Kier molecular flexibility index (Phi) is 5.25. The van der Waals surface area contributed by atoms with Gasteiger partial charge in [-0.15, -0.1) is 5.10 Å². The number of carbonyl (C=O) groups is 1. The molecule has 0 saturated carbocycles. The highest BCUT2D eigenvalue weighted by atomic mass is 16.2. The minimum Gasteiger partial charge on any atom is -0.378 e. The van der Waals surface area contributed by atoms with Crippen LogP contribution in [0.25, 0.3) is 10.9 Å². The van der Waals surface area contributed by atoms with E-state index in [1.165, 1.54) is 0 Å². The summed E-state index contributed by atoms with van der Waals surface area (Å²) in [7, 11) is 3.97. The molecule has 0 unspecified atom stereocenters. The van der Waals surface area contributed by atoms with E-state index < -0.39 is 0 Å². The van der Waals surface area contributed by atoms with Crippen molar-refractivity contribution in [1.82, 2.24) is 24.8 Å². The fraction of sp³-hybridized carbons (Fsp3) is 0.190. The molecular formula is C21H21N7O2. The van der Waals surface area contributed by atoms with Crippen LogP contribution in [-0.2, 0) is 17.9 Å². The number of carbonyl (C=O) groups excluding carboxylic acids is 1. The molecule has 1 amide bonds. The van der Waals surface area contributed by atoms with Crippen LogP contribution in [0.5, 0.6) is 0 Å². The standard InChI is InChI=1S/C21H21N7O2/c1-26(2)16-9-7-15(8-10-16)13-27-19(11-12-22-27)23-20(29)14-28-21(30)17-5-3-4-6-18(17)24-25-28/h3-12H,13-14H2,1-2H3,(H,23,29). The van der Waals surface area contributed by atoms with Crippen LogP contribution in [0.1, 0.15) is 5.56 Å². The van der Waals surface area contributed by atoms with Crippen molar-refractivity contribution in [3.05, 3.63) is 76.7 Å². The van der Waals surface area contributed by atoms with E-state index in [1.54, 1.807) is 41.2 Å². The number of amides is 1. The Morgan fingerprint density at radius 3 is 2.57 bits per heavy atom. The molecule has 0 atom stereocenters. The van der Waals surface area contributed by atoms with E-state index >= 15 is 0 Å². The summed E-state index contributed by atoms with van der Waals surface area (Å²) in [5, 5.41) is 15.3. The molecule has 0 aliphatic rings. The molecule has 9 nitrogen and oxygen atoms in total. The second-order valence-electron chi connectivity index (χ2n) is 7.05. The van der Waals surface area contributed by atoms with Crippen molar-refractivity contribution in [2.24, 2.45) is 0 Å². The summed E-state index contributed by atoms with van der Waals surface area (Å²) in [6, 6.07) is 16.7. The van der Waals surface area contributed by atoms with Gasteiger partial charge in [-0.05, 0) is 29.8 Å². The van der Waals surface area contributed by atoms with Crippen molar-refractivity contribution in [3.8, 4) is 0 Å². The Labute approximate surface area is 172 Å². The van der Waals surface area contributed by atoms with Crippen LogP contribution in [0.4, 0.5) is 11.5 Å². The molecule has 0 fully saturated rings. The van der Waals surface area contributed by atoms with Gasteiger partial charge in [-0.25, -0.2) is 9.36 Å². The zero-order valence-corrected chi connectivity index (χ0v) is 16.7. The van der Waals surface area contributed by atoms with Gasteiger partial charge in [-0.3, -0.25) is 9.59 Å². The molecule has 2 aromatic heterocycles. The lowest BCUT2D eigenvalue weighted by Gasteiger charge is -2.13. The Bertz CT molecular complexity index is 1240. The third kappa shape index (κ3) is 4.04. The van der Waals surface area contributed by atoms with Crippen LogP contribution < -0.4 is 15.8 Å². The highest BCUT2D eigenvalue weighted by molar-refractivity contribution is 5.89. The average molecular weight is 403 g/mol. The smallest absolute Gasteiger partial charge is 0.278 e. The van der Waals surface area contributed by atoms with Gasteiger partial charge in [0, 0.05) is 25.8 Å². The predicted molar refractivity (Wildman–Crippen MR) is 115 cm³/mol. The molecule has 1 N–H and O–H groups in total. The normalized spacial score (nSPS) is 10.9. The highest BCUT2D eigenvalue weighted by Crippen LogP contribution is 2.15. The number of rotatable bonds is 6. The van der Waals surface area contributed by atoms with Gasteiger partial charge < -0.3 is 10.2 Å². The Balaban J connectivity index is 1.47. The van der Waals surface area contributed by atoms with Crippen molar-refractivity contribution in [2.45, 2.75) is 13.1 Å². The van der Waals surface area contributed by atoms with Crippen LogP contribution in [0.15, 0.2) is 65.6 Å². The molecule has 9 heteroatoms. The van der Waals surface area contributed by atoms with Gasteiger partial charge in [0.05, 0.1) is 18.1 Å². The maximum absolute atomic E-state index is 12.5. The van der Waals surface area contributed by atoms with Crippen molar-refractivity contribution in [3.63, 3.8) is 0 Å². The van der Waals surface area contributed by atoms with Crippen LogP contribution in [-0.4, -0.2) is 44.8 Å². The lowest BCUT2D eigenvalue weighted by Crippen LogP contribution is -2.31. The molecule has 0 aliphatic carbocycles. The summed E-state index contributed by atoms with van der Waals surface area (Å²) < 4.78 is 2.75. The summed E-state index contributed by atoms with van der Waals surface area (Å²) in [6.45, 7) is 0.269. The third-order valence-corrected chi connectivity index (χ3v) is 4.69. The summed E-state index contributed by atoms with van der Waals surface area (Å²) in [5.41, 5.74) is 2.30. The van der Waals surface area contributed by atoms with E-state index in [-0.39, 0.29) is 18.0 Å². The number of aromatic nitrogens is 5. The lowest BCUT2D eigenvalue weighted by molar-refractivity contribution is -0.117. The van der Waals surface area contributed by atoms with E-state index in [1.807, 2.05) is 43.3 Å². The van der Waals surface area contributed by atoms with Gasteiger partial charge in [-0.2, -0.15) is 5.10 Å². The highest BCUT2D eigenvalue weighted by Gasteiger charge is 2.12. The largest absolute Gasteiger partial charge is 0.378 e. The number of nitrogens with zero attached hydrogens (tertiary/aromatic N) is 6. The minimum atomic E-state index is -0.383. The number of nitrogens with one attached hydrogen (secondary N) is 1. The monoisotopic (exact) mass is 403 g/mol. The Hall–Kier alpha value is -4.01. The number of benzene rings is 2. The average Bonchev–Trinajstić information content (AvgIpc) is 3.17. The Morgan fingerprint density at radius 2 is 1.80 bits per heavy atom. The topological polar surface area (TPSA) is 97.9 Å². The first-order chi connectivity index (χ1) is 14.5. The molecule has 4 aromatic rings. The summed E-state index contributed by atoms with van der Waals surface area (Å²) >= 11 is 0. The molecule has 4 rings (SSSR count). The van der Waals surface area contributed by atoms with E-state index in [0.29, 0.717) is 23.3 Å². The maximum atomic E-state index is 12.5. The minimum absolute atomic E-state index is 0.237. The fourth-order valence-electron chi connectivity index (χ4n) is 3.08. The number of anilines is 2. The van der Waals surface area contributed by atoms with Gasteiger partial charge in [-0.1, -0.05) is 29.5 Å². The van der Waals surface area contributed by atoms with Gasteiger partial charge in [0.2, 0.25) is 5.91 Å². The summed E-state index contributed by atoms with van der Waals surface area (Å²) in [5.74, 6) is 0.157. The number of hydrogen-bond acceptors (Lipinski definition) is 6. The van der Waals surface area contributed by atoms with Gasteiger partial charge in [0.15, 0.2) is 0 Å². The first-order valence-corrected chi connectivity index (χ1v) is 9.42. The van der Waals surface area contributed by atoms with E-state index in [9.17, 15) is 9.59 Å². The zero-order chi connectivity index (χ0) is 21.1. The summed E-state index contributed by atoms with van der Waals surface area (Å²) in [6.07, 6.45) is 1.62. The van der Waals surface area contributed by atoms with Gasteiger partial charge >= 0.3 is 0 Å². The second-order valence-corrected chi connectivity index (χ2v) is 7.05. The van der Waals surface area contributed by atoms with Crippen LogP contribution >= 0.6 is 0 Å². The summed E-state index contributed by atoms with van der Waals surface area (Å²) in [4.78, 5) is 27.0. The molecule has 0 radical (unpaired) electrons. The first-order valence-electron chi connectivity index (χ1n) is 9.42. The van der Waals surface area contributed by atoms with Crippen LogP contribution in [0.2, 0.25) is 0 Å². The van der Waals surface area contributed by atoms with Crippen molar-refractivity contribution in [2.75, 3.05) is 24.3 Å². The zero-order valence-electron chi connectivity index (χ0n) is 16.7. The van der Waals surface area contributed by atoms with Crippen molar-refractivity contribution >= 4 is 28.3 Å². The molecule has 0 saturated heterocycles. The third-order valence-electron chi connectivity index (χ3n) is 4.69.